The van der Waals surface area contributed by atoms with Gasteiger partial charge in [0.15, 0.2) is 0 Å². The number of amides is 1. The van der Waals surface area contributed by atoms with Gasteiger partial charge in [-0.25, -0.2) is 4.57 Å². The van der Waals surface area contributed by atoms with E-state index in [1.54, 1.807) is 6.08 Å². The van der Waals surface area contributed by atoms with Crippen molar-refractivity contribution in [3.8, 4) is 0 Å². The number of phosphoric ester groups is 1. The molecule has 9 heteroatoms. The molecule has 434 valence electrons. The van der Waals surface area contributed by atoms with Crippen LogP contribution in [-0.4, -0.2) is 73.4 Å². The van der Waals surface area contributed by atoms with Crippen molar-refractivity contribution >= 4 is 13.7 Å². The predicted molar refractivity (Wildman–Crippen MR) is 327 cm³/mol. The summed E-state index contributed by atoms with van der Waals surface area (Å²) in [5.74, 6) is -0.178. The Kier molecular flexibility index (Phi) is 54.2. The normalized spacial score (nSPS) is 14.5. The number of quaternary nitrogens is 1. The third-order valence-corrected chi connectivity index (χ3v) is 14.5. The van der Waals surface area contributed by atoms with Gasteiger partial charge in [-0.3, -0.25) is 13.8 Å². The number of aliphatic hydroxyl groups is 1. The fourth-order valence-corrected chi connectivity index (χ4v) is 9.47. The molecule has 0 aliphatic rings. The lowest BCUT2D eigenvalue weighted by molar-refractivity contribution is -0.870. The Balaban J connectivity index is 3.92. The molecular formula is C66H120N2O6P+. The largest absolute Gasteiger partial charge is 0.472 e. The van der Waals surface area contributed by atoms with Crippen molar-refractivity contribution in [1.82, 2.24) is 5.32 Å². The van der Waals surface area contributed by atoms with E-state index in [0.717, 1.165) is 83.5 Å². The Hall–Kier alpha value is -2.58. The maximum absolute atomic E-state index is 13.0. The van der Waals surface area contributed by atoms with Gasteiger partial charge < -0.3 is 19.8 Å². The SMILES string of the molecule is CC/C=C\C/C=C\C/C=C\C/C=C\C/C=C\C/C=C\C/C=C\CCCCCCCCCCCCCCCCCCCCCC(=O)NC(COP(=O)(O)OCC[N+](C)(C)C)C(O)/C=C/CCCCCCCCCCCC. The molecule has 0 fully saturated rings. The molecule has 0 aromatic rings. The first-order valence-electron chi connectivity index (χ1n) is 31.1. The minimum absolute atomic E-state index is 0.0601. The lowest BCUT2D eigenvalue weighted by Crippen LogP contribution is -2.45. The maximum Gasteiger partial charge on any atom is 0.472 e. The molecular weight excluding hydrogens is 948 g/mol. The predicted octanol–water partition coefficient (Wildman–Crippen LogP) is 19.4. The van der Waals surface area contributed by atoms with Crippen LogP contribution in [-0.2, 0) is 18.4 Å². The Morgan fingerprint density at radius 3 is 1.17 bits per heavy atom. The van der Waals surface area contributed by atoms with E-state index in [4.69, 9.17) is 9.05 Å². The summed E-state index contributed by atoms with van der Waals surface area (Å²) >= 11 is 0. The van der Waals surface area contributed by atoms with Crippen molar-refractivity contribution in [1.29, 1.82) is 0 Å². The highest BCUT2D eigenvalue weighted by molar-refractivity contribution is 7.47. The molecule has 0 radical (unpaired) electrons. The number of phosphoric acid groups is 1. The van der Waals surface area contributed by atoms with Gasteiger partial charge in [-0.05, 0) is 77.0 Å². The maximum atomic E-state index is 13.0. The van der Waals surface area contributed by atoms with E-state index in [2.05, 4.69) is 104 Å². The number of likely N-dealkylation sites (N-methyl/N-ethyl adjacent to an activating group) is 1. The molecule has 0 bridgehead atoms. The van der Waals surface area contributed by atoms with Crippen LogP contribution in [0, 0.1) is 0 Å². The van der Waals surface area contributed by atoms with E-state index in [9.17, 15) is 19.4 Å². The minimum Gasteiger partial charge on any atom is -0.387 e. The number of nitrogens with zero attached hydrogens (tertiary/aromatic N) is 1. The number of carbonyl (C=O) groups excluding carboxylic acids is 1. The van der Waals surface area contributed by atoms with Gasteiger partial charge in [0.1, 0.15) is 13.2 Å². The minimum atomic E-state index is -4.34. The quantitative estimate of drug-likeness (QED) is 0.0243. The van der Waals surface area contributed by atoms with Gasteiger partial charge in [0.25, 0.3) is 0 Å². The van der Waals surface area contributed by atoms with Crippen LogP contribution in [0.3, 0.4) is 0 Å². The van der Waals surface area contributed by atoms with E-state index in [1.165, 1.54) is 161 Å². The Labute approximate surface area is 464 Å². The van der Waals surface area contributed by atoms with Gasteiger partial charge in [-0.15, -0.1) is 0 Å². The second-order valence-electron chi connectivity index (χ2n) is 22.1. The summed E-state index contributed by atoms with van der Waals surface area (Å²) in [6.45, 7) is 4.70. The number of rotatable bonds is 56. The number of allylic oxidation sites excluding steroid dienone is 15. The highest BCUT2D eigenvalue weighted by Crippen LogP contribution is 2.43. The molecule has 8 nitrogen and oxygen atoms in total. The van der Waals surface area contributed by atoms with Crippen LogP contribution in [0.2, 0.25) is 0 Å². The van der Waals surface area contributed by atoms with Crippen LogP contribution < -0.4 is 5.32 Å². The van der Waals surface area contributed by atoms with Crippen LogP contribution in [0.5, 0.6) is 0 Å². The Bertz CT molecular complexity index is 1540. The van der Waals surface area contributed by atoms with Crippen molar-refractivity contribution in [3.63, 3.8) is 0 Å². The third kappa shape index (κ3) is 58.9. The fraction of sp³-hybridized carbons (Fsp3) is 0.742. The van der Waals surface area contributed by atoms with Gasteiger partial charge in [0.05, 0.1) is 39.9 Å². The van der Waals surface area contributed by atoms with Crippen molar-refractivity contribution < 1.29 is 32.9 Å². The van der Waals surface area contributed by atoms with Gasteiger partial charge in [0.2, 0.25) is 5.91 Å². The van der Waals surface area contributed by atoms with E-state index in [0.29, 0.717) is 17.4 Å². The van der Waals surface area contributed by atoms with Crippen molar-refractivity contribution in [3.05, 3.63) is 97.2 Å². The first-order valence-corrected chi connectivity index (χ1v) is 32.6. The Morgan fingerprint density at radius 1 is 0.467 bits per heavy atom. The molecule has 0 aliphatic heterocycles. The molecule has 1 amide bonds. The fourth-order valence-electron chi connectivity index (χ4n) is 8.73. The summed E-state index contributed by atoms with van der Waals surface area (Å²) in [7, 11) is 1.57. The van der Waals surface area contributed by atoms with E-state index >= 15 is 0 Å². The lowest BCUT2D eigenvalue weighted by Gasteiger charge is -2.25. The van der Waals surface area contributed by atoms with Crippen LogP contribution >= 0.6 is 7.82 Å². The molecule has 0 heterocycles. The number of nitrogens with one attached hydrogen (secondary N) is 1. The standard InChI is InChI=1S/C66H119N2O6P/c1-6-8-10-12-14-16-18-20-21-22-23-24-25-26-27-28-29-30-31-32-33-34-35-36-37-38-39-40-41-42-43-44-45-46-47-48-50-52-54-56-58-60-66(70)67-64(63-74-75(71,72)73-62-61-68(3,4)5)65(69)59-57-55-53-51-49-19-17-15-13-11-9-7-2/h8,10,14,16,20-21,23-24,26-27,29-30,32-33,57,59,64-65,69H,6-7,9,11-13,15,17-19,22,25,28,31,34-56,58,60-63H2,1-5H3,(H-,67,70,71,72)/p+1/b10-8-,16-14-,21-20-,24-23-,27-26-,30-29-,33-32-,59-57+. The summed E-state index contributed by atoms with van der Waals surface area (Å²) in [4.78, 5) is 23.3. The molecule has 0 rings (SSSR count). The smallest absolute Gasteiger partial charge is 0.387 e. The number of unbranched alkanes of at least 4 members (excludes halogenated alkanes) is 29. The van der Waals surface area contributed by atoms with Gasteiger partial charge in [-0.2, -0.15) is 0 Å². The number of aliphatic hydroxyl groups excluding tert-OH is 1. The van der Waals surface area contributed by atoms with Crippen molar-refractivity contribution in [2.45, 2.75) is 276 Å². The summed E-state index contributed by atoms with van der Waals surface area (Å²) in [6, 6.07) is -0.848. The molecule has 0 spiro atoms. The van der Waals surface area contributed by atoms with E-state index in [-0.39, 0.29) is 19.1 Å². The van der Waals surface area contributed by atoms with Crippen molar-refractivity contribution in [2.24, 2.45) is 0 Å². The summed E-state index contributed by atoms with van der Waals surface area (Å²) in [6.07, 6.45) is 81.1. The van der Waals surface area contributed by atoms with Crippen LogP contribution in [0.25, 0.3) is 0 Å². The molecule has 3 N–H and O–H groups in total. The number of hydrogen-bond donors (Lipinski definition) is 3. The molecule has 0 aromatic carbocycles. The second-order valence-corrected chi connectivity index (χ2v) is 23.5. The summed E-state index contributed by atoms with van der Waals surface area (Å²) in [5, 5.41) is 13.9. The Morgan fingerprint density at radius 2 is 0.800 bits per heavy atom. The van der Waals surface area contributed by atoms with Gasteiger partial charge in [0, 0.05) is 6.42 Å². The highest BCUT2D eigenvalue weighted by atomic mass is 31.2. The third-order valence-electron chi connectivity index (χ3n) is 13.6. The molecule has 0 aromatic heterocycles. The average molecular weight is 1070 g/mol. The zero-order valence-electron chi connectivity index (χ0n) is 49.5. The van der Waals surface area contributed by atoms with E-state index < -0.39 is 20.0 Å². The molecule has 0 saturated carbocycles. The second kappa shape index (κ2) is 56.2. The molecule has 3 unspecified atom stereocenters. The molecule has 0 aliphatic carbocycles. The monoisotopic (exact) mass is 1070 g/mol. The molecule has 3 atom stereocenters. The lowest BCUT2D eigenvalue weighted by atomic mass is 10.0. The van der Waals surface area contributed by atoms with Gasteiger partial charge in [-0.1, -0.05) is 278 Å². The zero-order valence-corrected chi connectivity index (χ0v) is 50.4. The van der Waals surface area contributed by atoms with Crippen LogP contribution in [0.15, 0.2) is 97.2 Å². The first kappa shape index (κ1) is 72.4. The molecule has 0 saturated heterocycles. The summed E-state index contributed by atoms with van der Waals surface area (Å²) in [5.41, 5.74) is 0. The first-order chi connectivity index (χ1) is 36.5. The summed E-state index contributed by atoms with van der Waals surface area (Å²) < 4.78 is 23.7. The molecule has 75 heavy (non-hydrogen) atoms. The average Bonchev–Trinajstić information content (AvgIpc) is 3.37. The zero-order chi connectivity index (χ0) is 54.9. The number of hydrogen-bond acceptors (Lipinski definition) is 5. The topological polar surface area (TPSA) is 105 Å². The van der Waals surface area contributed by atoms with Crippen LogP contribution in [0.1, 0.15) is 264 Å². The van der Waals surface area contributed by atoms with Crippen molar-refractivity contribution in [2.75, 3.05) is 40.9 Å². The van der Waals surface area contributed by atoms with Gasteiger partial charge >= 0.3 is 7.82 Å². The highest BCUT2D eigenvalue weighted by Gasteiger charge is 2.27. The van der Waals surface area contributed by atoms with E-state index in [1.807, 2.05) is 27.2 Å². The van der Waals surface area contributed by atoms with Crippen LogP contribution in [0.4, 0.5) is 0 Å². The number of carbonyl (C=O) groups is 1.